The first kappa shape index (κ1) is 12.0. The first-order chi connectivity index (χ1) is 7.26. The Morgan fingerprint density at radius 1 is 1.27 bits per heavy atom. The maximum absolute atomic E-state index is 5.14. The summed E-state index contributed by atoms with van der Waals surface area (Å²) >= 11 is 0. The minimum Gasteiger partial charge on any atom is -0.497 e. The molecule has 1 aromatic carbocycles. The van der Waals surface area contributed by atoms with Crippen molar-refractivity contribution in [2.75, 3.05) is 13.7 Å². The fraction of sp³-hybridized carbons (Fsp3) is 0.500. The van der Waals surface area contributed by atoms with E-state index in [0.717, 1.165) is 12.2 Å². The quantitative estimate of drug-likeness (QED) is 0.728. The molecule has 15 heavy (non-hydrogen) atoms. The topological polar surface area (TPSA) is 30.5 Å². The zero-order valence-corrected chi connectivity index (χ0v) is 9.62. The smallest absolute Gasteiger partial charge is 0.118 e. The molecule has 0 spiro atoms. The molecule has 0 aliphatic carbocycles. The van der Waals surface area contributed by atoms with Crippen molar-refractivity contribution < 1.29 is 9.57 Å². The van der Waals surface area contributed by atoms with E-state index in [0.29, 0.717) is 12.6 Å². The monoisotopic (exact) mass is 209 g/mol. The van der Waals surface area contributed by atoms with Gasteiger partial charge in [0.25, 0.3) is 0 Å². The fourth-order valence-electron chi connectivity index (χ4n) is 1.38. The van der Waals surface area contributed by atoms with Crippen LogP contribution in [0.1, 0.15) is 19.4 Å². The summed E-state index contributed by atoms with van der Waals surface area (Å²) in [4.78, 5) is 5.14. The molecule has 1 rings (SSSR count). The zero-order chi connectivity index (χ0) is 11.1. The highest BCUT2D eigenvalue weighted by atomic mass is 16.6. The summed E-state index contributed by atoms with van der Waals surface area (Å²) in [5.41, 5.74) is 4.25. The minimum absolute atomic E-state index is 0.318. The normalized spacial score (nSPS) is 12.5. The molecular formula is C12H19NO2. The fourth-order valence-corrected chi connectivity index (χ4v) is 1.38. The molecule has 0 aliphatic rings. The number of nitrogens with one attached hydrogen (secondary N) is 1. The Balaban J connectivity index is 2.42. The summed E-state index contributed by atoms with van der Waals surface area (Å²) in [6, 6.07) is 8.41. The van der Waals surface area contributed by atoms with Crippen LogP contribution in [-0.4, -0.2) is 19.8 Å². The van der Waals surface area contributed by atoms with Gasteiger partial charge < -0.3 is 9.57 Å². The van der Waals surface area contributed by atoms with E-state index in [4.69, 9.17) is 9.57 Å². The van der Waals surface area contributed by atoms with Crippen LogP contribution >= 0.6 is 0 Å². The van der Waals surface area contributed by atoms with E-state index in [1.807, 2.05) is 19.1 Å². The minimum atomic E-state index is 0.318. The van der Waals surface area contributed by atoms with Crippen LogP contribution < -0.4 is 10.2 Å². The number of hydroxylamine groups is 1. The predicted molar refractivity (Wildman–Crippen MR) is 60.9 cm³/mol. The highest BCUT2D eigenvalue weighted by Gasteiger charge is 2.02. The molecule has 0 saturated heterocycles. The Kier molecular flexibility index (Phi) is 5.15. The summed E-state index contributed by atoms with van der Waals surface area (Å²) in [6.45, 7) is 4.75. The zero-order valence-electron chi connectivity index (χ0n) is 9.62. The lowest BCUT2D eigenvalue weighted by atomic mass is 10.1. The van der Waals surface area contributed by atoms with Crippen molar-refractivity contribution in [2.24, 2.45) is 0 Å². The van der Waals surface area contributed by atoms with Crippen LogP contribution in [0.25, 0.3) is 0 Å². The van der Waals surface area contributed by atoms with Crippen molar-refractivity contribution in [3.8, 4) is 5.75 Å². The molecule has 1 N–H and O–H groups in total. The first-order valence-electron chi connectivity index (χ1n) is 5.26. The van der Waals surface area contributed by atoms with E-state index in [1.165, 1.54) is 5.56 Å². The van der Waals surface area contributed by atoms with Crippen LogP contribution in [0.4, 0.5) is 0 Å². The standard InChI is InChI=1S/C12H19NO2/c1-4-15-13-10(2)9-11-5-7-12(14-3)8-6-11/h5-8,10,13H,4,9H2,1-3H3. The van der Waals surface area contributed by atoms with Gasteiger partial charge >= 0.3 is 0 Å². The third kappa shape index (κ3) is 4.32. The van der Waals surface area contributed by atoms with Crippen molar-refractivity contribution >= 4 is 0 Å². The molecule has 3 nitrogen and oxygen atoms in total. The summed E-state index contributed by atoms with van der Waals surface area (Å²) in [6.07, 6.45) is 0.948. The van der Waals surface area contributed by atoms with E-state index < -0.39 is 0 Å². The maximum atomic E-state index is 5.14. The third-order valence-corrected chi connectivity index (χ3v) is 2.13. The molecular weight excluding hydrogens is 190 g/mol. The van der Waals surface area contributed by atoms with E-state index in [9.17, 15) is 0 Å². The Labute approximate surface area is 91.4 Å². The van der Waals surface area contributed by atoms with Crippen molar-refractivity contribution in [1.82, 2.24) is 5.48 Å². The second-order valence-electron chi connectivity index (χ2n) is 3.50. The average molecular weight is 209 g/mol. The SMILES string of the molecule is CCONC(C)Cc1ccc(OC)cc1. The molecule has 0 aliphatic heterocycles. The van der Waals surface area contributed by atoms with Gasteiger partial charge in [0.05, 0.1) is 13.7 Å². The average Bonchev–Trinajstić information content (AvgIpc) is 2.27. The third-order valence-electron chi connectivity index (χ3n) is 2.13. The van der Waals surface area contributed by atoms with Crippen LogP contribution in [0.5, 0.6) is 5.75 Å². The van der Waals surface area contributed by atoms with Gasteiger partial charge in [0, 0.05) is 6.04 Å². The van der Waals surface area contributed by atoms with E-state index in [2.05, 4.69) is 24.5 Å². The maximum Gasteiger partial charge on any atom is 0.118 e. The van der Waals surface area contributed by atoms with Gasteiger partial charge in [-0.05, 0) is 38.0 Å². The molecule has 0 bridgehead atoms. The van der Waals surface area contributed by atoms with E-state index in [-0.39, 0.29) is 0 Å². The van der Waals surface area contributed by atoms with Gasteiger partial charge in [-0.25, -0.2) is 0 Å². The second-order valence-corrected chi connectivity index (χ2v) is 3.50. The van der Waals surface area contributed by atoms with Crippen LogP contribution in [0, 0.1) is 0 Å². The number of ether oxygens (including phenoxy) is 1. The molecule has 84 valence electrons. The van der Waals surface area contributed by atoms with Gasteiger partial charge in [-0.3, -0.25) is 0 Å². The number of hydrogen-bond donors (Lipinski definition) is 1. The molecule has 3 heteroatoms. The van der Waals surface area contributed by atoms with Crippen molar-refractivity contribution in [2.45, 2.75) is 26.3 Å². The van der Waals surface area contributed by atoms with Crippen molar-refractivity contribution in [3.05, 3.63) is 29.8 Å². The Morgan fingerprint density at radius 3 is 2.47 bits per heavy atom. The van der Waals surface area contributed by atoms with Gasteiger partial charge in [-0.15, -0.1) is 0 Å². The molecule has 0 aromatic heterocycles. The Hall–Kier alpha value is -1.06. The summed E-state index contributed by atoms with van der Waals surface area (Å²) in [5, 5.41) is 0. The summed E-state index contributed by atoms with van der Waals surface area (Å²) in [5.74, 6) is 0.893. The number of benzene rings is 1. The number of methoxy groups -OCH3 is 1. The Bertz CT molecular complexity index is 271. The molecule has 0 heterocycles. The van der Waals surface area contributed by atoms with Crippen LogP contribution in [-0.2, 0) is 11.3 Å². The highest BCUT2D eigenvalue weighted by molar-refractivity contribution is 5.27. The molecule has 1 unspecified atom stereocenters. The lowest BCUT2D eigenvalue weighted by Crippen LogP contribution is -2.28. The molecule has 1 atom stereocenters. The van der Waals surface area contributed by atoms with Gasteiger partial charge in [0.15, 0.2) is 0 Å². The molecule has 0 fully saturated rings. The van der Waals surface area contributed by atoms with E-state index >= 15 is 0 Å². The number of hydrogen-bond acceptors (Lipinski definition) is 3. The van der Waals surface area contributed by atoms with Crippen LogP contribution in [0.3, 0.4) is 0 Å². The first-order valence-corrected chi connectivity index (χ1v) is 5.26. The highest BCUT2D eigenvalue weighted by Crippen LogP contribution is 2.12. The van der Waals surface area contributed by atoms with Crippen molar-refractivity contribution in [1.29, 1.82) is 0 Å². The van der Waals surface area contributed by atoms with Gasteiger partial charge in [0.1, 0.15) is 5.75 Å². The largest absolute Gasteiger partial charge is 0.497 e. The lowest BCUT2D eigenvalue weighted by Gasteiger charge is -2.12. The van der Waals surface area contributed by atoms with Gasteiger partial charge in [0.2, 0.25) is 0 Å². The predicted octanol–water partition coefficient (Wildman–Crippen LogP) is 2.17. The lowest BCUT2D eigenvalue weighted by molar-refractivity contribution is 0.0290. The summed E-state index contributed by atoms with van der Waals surface area (Å²) in [7, 11) is 1.67. The molecule has 0 amide bonds. The molecule has 1 aromatic rings. The van der Waals surface area contributed by atoms with E-state index in [1.54, 1.807) is 7.11 Å². The van der Waals surface area contributed by atoms with Crippen LogP contribution in [0.2, 0.25) is 0 Å². The summed E-state index contributed by atoms with van der Waals surface area (Å²) < 4.78 is 5.10. The van der Waals surface area contributed by atoms with Gasteiger partial charge in [-0.1, -0.05) is 12.1 Å². The van der Waals surface area contributed by atoms with Crippen LogP contribution in [0.15, 0.2) is 24.3 Å². The molecule has 0 saturated carbocycles. The Morgan fingerprint density at radius 2 is 1.93 bits per heavy atom. The van der Waals surface area contributed by atoms with Gasteiger partial charge in [-0.2, -0.15) is 5.48 Å². The molecule has 0 radical (unpaired) electrons. The second kappa shape index (κ2) is 6.43. The number of rotatable bonds is 6. The van der Waals surface area contributed by atoms with Crippen molar-refractivity contribution in [3.63, 3.8) is 0 Å².